The molecule has 1 aliphatic rings. The number of rotatable bonds is 6. The quantitative estimate of drug-likeness (QED) is 0.790. The molecule has 1 heterocycles. The van der Waals surface area contributed by atoms with E-state index in [1.54, 1.807) is 12.0 Å². The number of para-hydroxylation sites is 1. The third kappa shape index (κ3) is 4.67. The van der Waals surface area contributed by atoms with Crippen molar-refractivity contribution in [3.63, 3.8) is 0 Å². The number of carbonyl (C=O) groups is 2. The molecule has 1 aliphatic heterocycles. The number of hydrogen-bond acceptors (Lipinski definition) is 3. The lowest BCUT2D eigenvalue weighted by Crippen LogP contribution is -2.38. The third-order valence-corrected chi connectivity index (χ3v) is 5.08. The summed E-state index contributed by atoms with van der Waals surface area (Å²) in [7, 11) is 1.62. The second-order valence-electron chi connectivity index (χ2n) is 6.84. The van der Waals surface area contributed by atoms with Gasteiger partial charge >= 0.3 is 0 Å². The number of carbonyl (C=O) groups excluding carboxylic acids is 2. The number of fused-ring (bicyclic) bond motifs is 1. The van der Waals surface area contributed by atoms with Crippen LogP contribution in [-0.4, -0.2) is 41.8 Å². The number of ether oxygens (including phenoxy) is 1. The first-order chi connectivity index (χ1) is 13.1. The highest BCUT2D eigenvalue weighted by Crippen LogP contribution is 2.21. The van der Waals surface area contributed by atoms with Crippen molar-refractivity contribution in [2.45, 2.75) is 32.9 Å². The molecule has 0 bridgehead atoms. The predicted octanol–water partition coefficient (Wildman–Crippen LogP) is 3.02. The smallest absolute Gasteiger partial charge is 0.224 e. The molecule has 5 heteroatoms. The van der Waals surface area contributed by atoms with E-state index in [-0.39, 0.29) is 11.8 Å². The standard InChI is InChI=1S/C22H26N2O3/c1-17(25)23(16-20-9-5-6-10-21(20)27-2)14-12-22(26)24-13-11-18-7-3-4-8-19(18)15-24/h3-10H,11-16H2,1-2H3. The highest BCUT2D eigenvalue weighted by atomic mass is 16.5. The van der Waals surface area contributed by atoms with Crippen LogP contribution in [0.1, 0.15) is 30.0 Å². The van der Waals surface area contributed by atoms with E-state index in [9.17, 15) is 9.59 Å². The lowest BCUT2D eigenvalue weighted by molar-refractivity contribution is -0.134. The Labute approximate surface area is 160 Å². The molecule has 0 aliphatic carbocycles. The molecule has 142 valence electrons. The molecule has 0 atom stereocenters. The average molecular weight is 366 g/mol. The van der Waals surface area contributed by atoms with Crippen molar-refractivity contribution in [3.8, 4) is 5.75 Å². The van der Waals surface area contributed by atoms with Gasteiger partial charge in [0.05, 0.1) is 7.11 Å². The van der Waals surface area contributed by atoms with Gasteiger partial charge in [-0.2, -0.15) is 0 Å². The van der Waals surface area contributed by atoms with E-state index in [0.717, 1.165) is 24.3 Å². The van der Waals surface area contributed by atoms with Crippen molar-refractivity contribution < 1.29 is 14.3 Å². The van der Waals surface area contributed by atoms with E-state index in [1.807, 2.05) is 41.3 Å². The summed E-state index contributed by atoms with van der Waals surface area (Å²) in [6, 6.07) is 15.9. The number of amides is 2. The van der Waals surface area contributed by atoms with E-state index in [4.69, 9.17) is 4.74 Å². The molecular formula is C22H26N2O3. The fraction of sp³-hybridized carbons (Fsp3) is 0.364. The maximum Gasteiger partial charge on any atom is 0.224 e. The van der Waals surface area contributed by atoms with Gasteiger partial charge in [0.1, 0.15) is 5.75 Å². The topological polar surface area (TPSA) is 49.9 Å². The van der Waals surface area contributed by atoms with E-state index in [1.165, 1.54) is 18.1 Å². The van der Waals surface area contributed by atoms with Crippen LogP contribution in [0, 0.1) is 0 Å². The SMILES string of the molecule is COc1ccccc1CN(CCC(=O)N1CCc2ccccc2C1)C(C)=O. The minimum atomic E-state index is -0.0438. The Morgan fingerprint density at radius 2 is 1.78 bits per heavy atom. The Balaban J connectivity index is 1.60. The van der Waals surface area contributed by atoms with Crippen LogP contribution < -0.4 is 4.74 Å². The van der Waals surface area contributed by atoms with Crippen LogP contribution in [0.3, 0.4) is 0 Å². The molecule has 27 heavy (non-hydrogen) atoms. The number of hydrogen-bond donors (Lipinski definition) is 0. The third-order valence-electron chi connectivity index (χ3n) is 5.08. The monoisotopic (exact) mass is 366 g/mol. The van der Waals surface area contributed by atoms with Crippen LogP contribution in [0.15, 0.2) is 48.5 Å². The second kappa shape index (κ2) is 8.71. The predicted molar refractivity (Wildman–Crippen MR) is 104 cm³/mol. The number of benzene rings is 2. The van der Waals surface area contributed by atoms with Crippen LogP contribution in [0.2, 0.25) is 0 Å². The summed E-state index contributed by atoms with van der Waals surface area (Å²) in [5.74, 6) is 0.802. The van der Waals surface area contributed by atoms with Crippen LogP contribution in [-0.2, 0) is 29.1 Å². The first-order valence-corrected chi connectivity index (χ1v) is 9.30. The first-order valence-electron chi connectivity index (χ1n) is 9.30. The van der Waals surface area contributed by atoms with Gasteiger partial charge < -0.3 is 14.5 Å². The molecule has 2 amide bonds. The number of methoxy groups -OCH3 is 1. The summed E-state index contributed by atoms with van der Waals surface area (Å²) in [6.07, 6.45) is 1.22. The summed E-state index contributed by atoms with van der Waals surface area (Å²) in [5, 5.41) is 0. The molecule has 0 saturated heterocycles. The summed E-state index contributed by atoms with van der Waals surface area (Å²) in [4.78, 5) is 28.3. The van der Waals surface area contributed by atoms with E-state index >= 15 is 0 Å². The molecule has 3 rings (SSSR count). The van der Waals surface area contributed by atoms with Crippen LogP contribution in [0.5, 0.6) is 5.75 Å². The summed E-state index contributed by atoms with van der Waals surface area (Å²) in [5.41, 5.74) is 3.48. The normalized spacial score (nSPS) is 13.0. The van der Waals surface area contributed by atoms with Crippen molar-refractivity contribution >= 4 is 11.8 Å². The average Bonchev–Trinajstić information content (AvgIpc) is 2.70. The van der Waals surface area contributed by atoms with E-state index < -0.39 is 0 Å². The highest BCUT2D eigenvalue weighted by molar-refractivity contribution is 5.78. The molecule has 0 spiro atoms. The first kappa shape index (κ1) is 19.0. The zero-order valence-electron chi connectivity index (χ0n) is 16.0. The van der Waals surface area contributed by atoms with Gasteiger partial charge in [-0.05, 0) is 23.6 Å². The molecule has 5 nitrogen and oxygen atoms in total. The Bertz CT molecular complexity index is 819. The van der Waals surface area contributed by atoms with Crippen molar-refractivity contribution in [2.75, 3.05) is 20.2 Å². The Hall–Kier alpha value is -2.82. The minimum Gasteiger partial charge on any atom is -0.496 e. The van der Waals surface area contributed by atoms with Crippen molar-refractivity contribution in [1.29, 1.82) is 0 Å². The van der Waals surface area contributed by atoms with Crippen LogP contribution in [0.4, 0.5) is 0 Å². The molecule has 0 fully saturated rings. The van der Waals surface area contributed by atoms with Gasteiger partial charge in [-0.15, -0.1) is 0 Å². The molecule has 2 aromatic carbocycles. The second-order valence-corrected chi connectivity index (χ2v) is 6.84. The fourth-order valence-corrected chi connectivity index (χ4v) is 3.48. The molecule has 2 aromatic rings. The lowest BCUT2D eigenvalue weighted by atomic mass is 10.00. The highest BCUT2D eigenvalue weighted by Gasteiger charge is 2.21. The van der Waals surface area contributed by atoms with Gasteiger partial charge in [-0.1, -0.05) is 42.5 Å². The maximum atomic E-state index is 12.7. The molecule has 0 N–H and O–H groups in total. The van der Waals surface area contributed by atoms with Gasteiger partial charge in [0.25, 0.3) is 0 Å². The Morgan fingerprint density at radius 1 is 1.07 bits per heavy atom. The van der Waals surface area contributed by atoms with Gasteiger partial charge in [-0.3, -0.25) is 9.59 Å². The van der Waals surface area contributed by atoms with E-state index in [0.29, 0.717) is 26.1 Å². The zero-order valence-corrected chi connectivity index (χ0v) is 16.0. The zero-order chi connectivity index (χ0) is 19.2. The van der Waals surface area contributed by atoms with Crippen molar-refractivity contribution in [2.24, 2.45) is 0 Å². The molecule has 0 unspecified atom stereocenters. The van der Waals surface area contributed by atoms with Gasteiger partial charge in [0, 0.05) is 45.1 Å². The summed E-state index contributed by atoms with van der Waals surface area (Å²) >= 11 is 0. The largest absolute Gasteiger partial charge is 0.496 e. The lowest BCUT2D eigenvalue weighted by Gasteiger charge is -2.30. The molecule has 0 aromatic heterocycles. The molecule has 0 radical (unpaired) electrons. The van der Waals surface area contributed by atoms with E-state index in [2.05, 4.69) is 12.1 Å². The van der Waals surface area contributed by atoms with Crippen molar-refractivity contribution in [1.82, 2.24) is 9.80 Å². The summed E-state index contributed by atoms with van der Waals surface area (Å²) < 4.78 is 5.37. The Morgan fingerprint density at radius 3 is 2.52 bits per heavy atom. The van der Waals surface area contributed by atoms with Crippen molar-refractivity contribution in [3.05, 3.63) is 65.2 Å². The number of nitrogens with zero attached hydrogens (tertiary/aromatic N) is 2. The molecular weight excluding hydrogens is 340 g/mol. The minimum absolute atomic E-state index is 0.0438. The van der Waals surface area contributed by atoms with Gasteiger partial charge in [-0.25, -0.2) is 0 Å². The van der Waals surface area contributed by atoms with Gasteiger partial charge in [0.2, 0.25) is 11.8 Å². The fourth-order valence-electron chi connectivity index (χ4n) is 3.48. The van der Waals surface area contributed by atoms with Crippen LogP contribution in [0.25, 0.3) is 0 Å². The molecule has 0 saturated carbocycles. The van der Waals surface area contributed by atoms with Gasteiger partial charge in [0.15, 0.2) is 0 Å². The summed E-state index contributed by atoms with van der Waals surface area (Å²) in [6.45, 7) is 3.78. The maximum absolute atomic E-state index is 12.7. The Kier molecular flexibility index (Phi) is 6.12. The van der Waals surface area contributed by atoms with Crippen LogP contribution >= 0.6 is 0 Å².